The number of hydrogen-bond donors (Lipinski definition) is 1. The first kappa shape index (κ1) is 17.8. The van der Waals surface area contributed by atoms with Gasteiger partial charge in [0.05, 0.1) is 6.54 Å². The van der Waals surface area contributed by atoms with Crippen molar-refractivity contribution in [1.82, 2.24) is 19.6 Å². The molecule has 1 aliphatic heterocycles. The molecule has 27 heavy (non-hydrogen) atoms. The molecule has 1 aliphatic rings. The number of para-hydroxylation sites is 1. The normalized spacial score (nSPS) is 15.6. The fraction of sp³-hybridized carbons (Fsp3) is 0.421. The van der Waals surface area contributed by atoms with Crippen LogP contribution in [-0.4, -0.2) is 53.4 Å². The van der Waals surface area contributed by atoms with Crippen LogP contribution in [0, 0.1) is 0 Å². The number of guanidine groups is 1. The number of fused-ring (bicyclic) bond motifs is 1. The zero-order valence-electron chi connectivity index (χ0n) is 15.7. The summed E-state index contributed by atoms with van der Waals surface area (Å²) in [4.78, 5) is 13.6. The summed E-state index contributed by atoms with van der Waals surface area (Å²) in [7, 11) is 1.83. The summed E-state index contributed by atoms with van der Waals surface area (Å²) in [6, 6.07) is 10.1. The van der Waals surface area contributed by atoms with Crippen molar-refractivity contribution < 1.29 is 4.42 Å². The van der Waals surface area contributed by atoms with Crippen LogP contribution in [0.25, 0.3) is 11.0 Å². The number of furan rings is 1. The van der Waals surface area contributed by atoms with Gasteiger partial charge in [0.25, 0.3) is 0 Å². The van der Waals surface area contributed by atoms with E-state index in [1.54, 1.807) is 0 Å². The van der Waals surface area contributed by atoms with Crippen molar-refractivity contribution in [1.29, 1.82) is 0 Å². The van der Waals surface area contributed by atoms with E-state index in [4.69, 9.17) is 4.42 Å². The monoisotopic (exact) mass is 384 g/mol. The number of nitrogens with zero attached hydrogens (tertiary/aromatic N) is 5. The van der Waals surface area contributed by atoms with E-state index in [1.165, 1.54) is 11.5 Å². The van der Waals surface area contributed by atoms with Crippen molar-refractivity contribution in [3.63, 3.8) is 0 Å². The molecule has 0 atom stereocenters. The van der Waals surface area contributed by atoms with Crippen molar-refractivity contribution in [2.24, 2.45) is 4.99 Å². The van der Waals surface area contributed by atoms with Gasteiger partial charge in [-0.05, 0) is 12.1 Å². The van der Waals surface area contributed by atoms with Gasteiger partial charge >= 0.3 is 0 Å². The first-order chi connectivity index (χ1) is 13.3. The van der Waals surface area contributed by atoms with E-state index in [0.717, 1.165) is 66.2 Å². The van der Waals surface area contributed by atoms with Crippen LogP contribution in [-0.2, 0) is 13.0 Å². The molecule has 1 aromatic carbocycles. The van der Waals surface area contributed by atoms with Crippen molar-refractivity contribution in [2.75, 3.05) is 38.1 Å². The fourth-order valence-electron chi connectivity index (χ4n) is 3.25. The fourth-order valence-corrected chi connectivity index (χ4v) is 4.05. The molecule has 1 N–H and O–H groups in total. The third-order valence-electron chi connectivity index (χ3n) is 4.73. The quantitative estimate of drug-likeness (QED) is 0.551. The molecule has 142 valence electrons. The van der Waals surface area contributed by atoms with Crippen LogP contribution >= 0.6 is 11.5 Å². The van der Waals surface area contributed by atoms with E-state index in [-0.39, 0.29) is 0 Å². The lowest BCUT2D eigenvalue weighted by Gasteiger charge is -2.36. The molecule has 0 spiro atoms. The zero-order valence-corrected chi connectivity index (χ0v) is 16.5. The Balaban J connectivity index is 1.33. The molecule has 3 aromatic rings. The molecule has 0 radical (unpaired) electrons. The van der Waals surface area contributed by atoms with Gasteiger partial charge in [0, 0.05) is 56.6 Å². The molecule has 3 heterocycles. The highest BCUT2D eigenvalue weighted by Gasteiger charge is 2.22. The zero-order chi connectivity index (χ0) is 18.6. The topological polar surface area (TPSA) is 69.8 Å². The Morgan fingerprint density at radius 2 is 2.07 bits per heavy atom. The van der Waals surface area contributed by atoms with Gasteiger partial charge in [0.2, 0.25) is 5.13 Å². The minimum atomic E-state index is 0.623. The van der Waals surface area contributed by atoms with Crippen LogP contribution in [0.4, 0.5) is 5.13 Å². The molecule has 1 fully saturated rings. The summed E-state index contributed by atoms with van der Waals surface area (Å²) in [6.45, 7) is 6.36. The summed E-state index contributed by atoms with van der Waals surface area (Å²) in [6.07, 6.45) is 0.884. The number of benzene rings is 1. The average Bonchev–Trinajstić information content (AvgIpc) is 3.35. The van der Waals surface area contributed by atoms with Gasteiger partial charge in [0.15, 0.2) is 5.96 Å². The second-order valence-corrected chi connectivity index (χ2v) is 7.20. The molecule has 2 aromatic heterocycles. The number of aromatic nitrogens is 2. The maximum atomic E-state index is 5.88. The van der Waals surface area contributed by atoms with Gasteiger partial charge in [-0.1, -0.05) is 25.1 Å². The molecule has 0 amide bonds. The Morgan fingerprint density at radius 1 is 1.26 bits per heavy atom. The maximum absolute atomic E-state index is 5.88. The molecule has 8 heteroatoms. The molecule has 7 nitrogen and oxygen atoms in total. The maximum Gasteiger partial charge on any atom is 0.205 e. The number of hydrogen-bond acceptors (Lipinski definition) is 6. The predicted octanol–water partition coefficient (Wildman–Crippen LogP) is 2.74. The molecule has 0 aliphatic carbocycles. The van der Waals surface area contributed by atoms with Crippen molar-refractivity contribution in [3.8, 4) is 0 Å². The summed E-state index contributed by atoms with van der Waals surface area (Å²) in [5.74, 6) is 2.75. The lowest BCUT2D eigenvalue weighted by atomic mass is 10.2. The predicted molar refractivity (Wildman–Crippen MR) is 109 cm³/mol. The minimum absolute atomic E-state index is 0.623. The van der Waals surface area contributed by atoms with Gasteiger partial charge in [0.1, 0.15) is 17.2 Å². The molecule has 1 saturated heterocycles. The minimum Gasteiger partial charge on any atom is -0.459 e. The summed E-state index contributed by atoms with van der Waals surface area (Å²) >= 11 is 1.49. The smallest absolute Gasteiger partial charge is 0.205 e. The van der Waals surface area contributed by atoms with E-state index in [9.17, 15) is 0 Å². The average molecular weight is 385 g/mol. The molecule has 0 unspecified atom stereocenters. The molecular formula is C19H24N6OS. The van der Waals surface area contributed by atoms with Gasteiger partial charge in [-0.25, -0.2) is 4.98 Å². The van der Waals surface area contributed by atoms with Crippen LogP contribution in [0.3, 0.4) is 0 Å². The Hall–Kier alpha value is -2.61. The third-order valence-corrected chi connectivity index (χ3v) is 5.55. The van der Waals surface area contributed by atoms with E-state index >= 15 is 0 Å². The largest absolute Gasteiger partial charge is 0.459 e. The Morgan fingerprint density at radius 3 is 2.78 bits per heavy atom. The third kappa shape index (κ3) is 3.90. The second kappa shape index (κ2) is 7.96. The van der Waals surface area contributed by atoms with E-state index < -0.39 is 0 Å². The number of anilines is 1. The first-order valence-electron chi connectivity index (χ1n) is 9.27. The number of rotatable bonds is 4. The molecule has 0 saturated carbocycles. The highest BCUT2D eigenvalue weighted by Crippen LogP contribution is 2.20. The van der Waals surface area contributed by atoms with Crippen LogP contribution in [0.1, 0.15) is 18.5 Å². The second-order valence-electron chi connectivity index (χ2n) is 6.47. The lowest BCUT2D eigenvalue weighted by Crippen LogP contribution is -2.52. The van der Waals surface area contributed by atoms with Crippen LogP contribution in [0.5, 0.6) is 0 Å². The lowest BCUT2D eigenvalue weighted by molar-refractivity contribution is 0.370. The first-order valence-corrected chi connectivity index (χ1v) is 10.0. The summed E-state index contributed by atoms with van der Waals surface area (Å²) in [5, 5.41) is 5.57. The number of nitrogens with one attached hydrogen (secondary N) is 1. The van der Waals surface area contributed by atoms with Crippen LogP contribution < -0.4 is 10.2 Å². The Labute approximate surface area is 162 Å². The molecule has 4 rings (SSSR count). The van der Waals surface area contributed by atoms with Gasteiger partial charge in [-0.2, -0.15) is 4.37 Å². The summed E-state index contributed by atoms with van der Waals surface area (Å²) < 4.78 is 10.3. The molecule has 0 bridgehead atoms. The van der Waals surface area contributed by atoms with Crippen molar-refractivity contribution in [3.05, 3.63) is 41.9 Å². The van der Waals surface area contributed by atoms with E-state index in [1.807, 2.05) is 25.2 Å². The number of piperazine rings is 1. The Kier molecular flexibility index (Phi) is 5.24. The number of aryl methyl sites for hydroxylation is 1. The van der Waals surface area contributed by atoms with Gasteiger partial charge in [-0.3, -0.25) is 4.99 Å². The van der Waals surface area contributed by atoms with Crippen molar-refractivity contribution >= 4 is 33.6 Å². The molecular weight excluding hydrogens is 360 g/mol. The van der Waals surface area contributed by atoms with Crippen LogP contribution in [0.2, 0.25) is 0 Å². The SMILES string of the molecule is CCc1nsc(N2CCN(C(=NC)NCc3cc4ccccc4o3)CC2)n1. The van der Waals surface area contributed by atoms with Gasteiger partial charge in [-0.15, -0.1) is 0 Å². The number of aliphatic imine (C=N–C) groups is 1. The van der Waals surface area contributed by atoms with E-state index in [2.05, 4.69) is 48.5 Å². The summed E-state index contributed by atoms with van der Waals surface area (Å²) in [5.41, 5.74) is 0.918. The van der Waals surface area contributed by atoms with Gasteiger partial charge < -0.3 is 19.5 Å². The highest BCUT2D eigenvalue weighted by atomic mass is 32.1. The Bertz CT molecular complexity index is 892. The van der Waals surface area contributed by atoms with E-state index in [0.29, 0.717) is 6.54 Å². The van der Waals surface area contributed by atoms with Crippen molar-refractivity contribution in [2.45, 2.75) is 19.9 Å². The standard InChI is InChI=1S/C19H24N6OS/c1-3-17-22-19(27-23-17)25-10-8-24(9-11-25)18(20-2)21-13-15-12-14-6-4-5-7-16(14)26-15/h4-7,12H,3,8-11,13H2,1-2H3,(H,20,21). The highest BCUT2D eigenvalue weighted by molar-refractivity contribution is 7.09. The van der Waals surface area contributed by atoms with Crippen LogP contribution in [0.15, 0.2) is 39.7 Å².